The van der Waals surface area contributed by atoms with E-state index in [0.29, 0.717) is 36.8 Å². The monoisotopic (exact) mass is 313 g/mol. The summed E-state index contributed by atoms with van der Waals surface area (Å²) in [5.74, 6) is 0.192. The molecule has 0 aliphatic carbocycles. The van der Waals surface area contributed by atoms with Crippen LogP contribution in [0.15, 0.2) is 24.3 Å². The number of hydrogen-bond donors (Lipinski definition) is 2. The van der Waals surface area contributed by atoms with E-state index in [-0.39, 0.29) is 12.5 Å². The van der Waals surface area contributed by atoms with Crippen molar-refractivity contribution >= 4 is 17.5 Å². The molecule has 0 aromatic heterocycles. The highest BCUT2D eigenvalue weighted by atomic mass is 35.5. The number of benzene rings is 1. The Hall–Kier alpha value is -1.30. The molecule has 1 amide bonds. The molecule has 0 spiro atoms. The predicted molar refractivity (Wildman–Crippen MR) is 79.6 cm³/mol. The van der Waals surface area contributed by atoms with E-state index in [4.69, 9.17) is 21.1 Å². The highest BCUT2D eigenvalue weighted by Crippen LogP contribution is 2.25. The van der Waals surface area contributed by atoms with Gasteiger partial charge in [0.15, 0.2) is 6.10 Å². The summed E-state index contributed by atoms with van der Waals surface area (Å²) in [6.07, 6.45) is 0.485. The molecule has 1 saturated heterocycles. The third-order valence-corrected chi connectivity index (χ3v) is 3.96. The maximum Gasteiger partial charge on any atom is 0.261 e. The van der Waals surface area contributed by atoms with E-state index >= 15 is 0 Å². The van der Waals surface area contributed by atoms with Gasteiger partial charge in [0.2, 0.25) is 0 Å². The van der Waals surface area contributed by atoms with E-state index in [9.17, 15) is 9.90 Å². The SMILES string of the molecule is CC(Oc1ccccc1Cl)C(=O)NC1(CO)CCOCC1. The summed E-state index contributed by atoms with van der Waals surface area (Å²) < 4.78 is 10.8. The number of ether oxygens (including phenoxy) is 2. The molecule has 1 heterocycles. The fourth-order valence-corrected chi connectivity index (χ4v) is 2.41. The number of rotatable bonds is 5. The van der Waals surface area contributed by atoms with Gasteiger partial charge in [0.05, 0.1) is 17.2 Å². The van der Waals surface area contributed by atoms with E-state index < -0.39 is 11.6 Å². The Balaban J connectivity index is 1.97. The highest BCUT2D eigenvalue weighted by Gasteiger charge is 2.35. The molecule has 2 rings (SSSR count). The molecule has 0 radical (unpaired) electrons. The molecule has 1 aromatic rings. The Morgan fingerprint density at radius 1 is 1.48 bits per heavy atom. The lowest BCUT2D eigenvalue weighted by atomic mass is 9.91. The fraction of sp³-hybridized carbons (Fsp3) is 0.533. The Bertz CT molecular complexity index is 488. The van der Waals surface area contributed by atoms with Gasteiger partial charge >= 0.3 is 0 Å². The van der Waals surface area contributed by atoms with Gasteiger partial charge in [-0.05, 0) is 31.9 Å². The molecule has 1 atom stereocenters. The van der Waals surface area contributed by atoms with Crippen molar-refractivity contribution in [2.75, 3.05) is 19.8 Å². The number of amides is 1. The van der Waals surface area contributed by atoms with Crippen molar-refractivity contribution in [3.8, 4) is 5.75 Å². The van der Waals surface area contributed by atoms with Gasteiger partial charge in [0, 0.05) is 13.2 Å². The predicted octanol–water partition coefficient (Wildman–Crippen LogP) is 1.76. The first-order valence-corrected chi connectivity index (χ1v) is 7.36. The standard InChI is InChI=1S/C15H20ClNO4/c1-11(21-13-5-3-2-4-12(13)16)14(19)17-15(10-18)6-8-20-9-7-15/h2-5,11,18H,6-10H2,1H3,(H,17,19). The number of nitrogens with one attached hydrogen (secondary N) is 1. The van der Waals surface area contributed by atoms with E-state index in [1.165, 1.54) is 0 Å². The lowest BCUT2D eigenvalue weighted by Crippen LogP contribution is -2.57. The van der Waals surface area contributed by atoms with Gasteiger partial charge in [0.1, 0.15) is 5.75 Å². The van der Waals surface area contributed by atoms with Crippen LogP contribution >= 0.6 is 11.6 Å². The Labute approximate surface area is 129 Å². The average Bonchev–Trinajstić information content (AvgIpc) is 2.50. The molecule has 1 aromatic carbocycles. The highest BCUT2D eigenvalue weighted by molar-refractivity contribution is 6.32. The van der Waals surface area contributed by atoms with E-state index in [2.05, 4.69) is 5.32 Å². The second kappa shape index (κ2) is 7.11. The zero-order valence-electron chi connectivity index (χ0n) is 12.0. The normalized spacial score (nSPS) is 18.8. The third kappa shape index (κ3) is 4.09. The molecule has 0 saturated carbocycles. The number of para-hydroxylation sites is 1. The van der Waals surface area contributed by atoms with Crippen LogP contribution in [0.3, 0.4) is 0 Å². The van der Waals surface area contributed by atoms with Crippen molar-refractivity contribution in [3.05, 3.63) is 29.3 Å². The maximum atomic E-state index is 12.3. The van der Waals surface area contributed by atoms with Crippen LogP contribution in [-0.4, -0.2) is 42.5 Å². The second-order valence-electron chi connectivity index (χ2n) is 5.23. The molecule has 0 bridgehead atoms. The second-order valence-corrected chi connectivity index (χ2v) is 5.64. The van der Waals surface area contributed by atoms with Crippen LogP contribution in [0, 0.1) is 0 Å². The first-order valence-electron chi connectivity index (χ1n) is 6.98. The van der Waals surface area contributed by atoms with E-state index in [1.807, 2.05) is 0 Å². The van der Waals surface area contributed by atoms with Crippen LogP contribution in [0.1, 0.15) is 19.8 Å². The number of carbonyl (C=O) groups is 1. The van der Waals surface area contributed by atoms with E-state index in [1.54, 1.807) is 31.2 Å². The summed E-state index contributed by atoms with van der Waals surface area (Å²) >= 11 is 6.01. The molecule has 5 nitrogen and oxygen atoms in total. The number of carbonyl (C=O) groups excluding carboxylic acids is 1. The average molecular weight is 314 g/mol. The van der Waals surface area contributed by atoms with Gasteiger partial charge in [-0.15, -0.1) is 0 Å². The number of aliphatic hydroxyl groups is 1. The first-order chi connectivity index (χ1) is 10.1. The molecular weight excluding hydrogens is 294 g/mol. The van der Waals surface area contributed by atoms with Crippen molar-refractivity contribution in [1.29, 1.82) is 0 Å². The van der Waals surface area contributed by atoms with Crippen LogP contribution < -0.4 is 10.1 Å². The Morgan fingerprint density at radius 3 is 2.76 bits per heavy atom. The van der Waals surface area contributed by atoms with Crippen LogP contribution in [0.25, 0.3) is 0 Å². The van der Waals surface area contributed by atoms with Crippen molar-refractivity contribution in [1.82, 2.24) is 5.32 Å². The molecule has 116 valence electrons. The summed E-state index contributed by atoms with van der Waals surface area (Å²) in [5, 5.41) is 12.9. The zero-order valence-corrected chi connectivity index (χ0v) is 12.7. The lowest BCUT2D eigenvalue weighted by Gasteiger charge is -2.37. The molecule has 1 aliphatic rings. The van der Waals surface area contributed by atoms with Crippen molar-refractivity contribution < 1.29 is 19.4 Å². The van der Waals surface area contributed by atoms with Gasteiger partial charge < -0.3 is 19.9 Å². The van der Waals surface area contributed by atoms with Crippen LogP contribution in [0.4, 0.5) is 0 Å². The van der Waals surface area contributed by atoms with Gasteiger partial charge in [0.25, 0.3) is 5.91 Å². The number of halogens is 1. The van der Waals surface area contributed by atoms with Gasteiger partial charge in [-0.1, -0.05) is 23.7 Å². The Kier molecular flexibility index (Phi) is 5.45. The van der Waals surface area contributed by atoms with Crippen molar-refractivity contribution in [2.45, 2.75) is 31.4 Å². The zero-order chi connectivity index (χ0) is 15.3. The van der Waals surface area contributed by atoms with Gasteiger partial charge in [-0.3, -0.25) is 4.79 Å². The molecule has 21 heavy (non-hydrogen) atoms. The number of aliphatic hydroxyl groups excluding tert-OH is 1. The van der Waals surface area contributed by atoms with E-state index in [0.717, 1.165) is 0 Å². The summed E-state index contributed by atoms with van der Waals surface area (Å²) in [7, 11) is 0. The quantitative estimate of drug-likeness (QED) is 0.869. The fourth-order valence-electron chi connectivity index (χ4n) is 2.23. The number of hydrogen-bond acceptors (Lipinski definition) is 4. The molecular formula is C15H20ClNO4. The maximum absolute atomic E-state index is 12.3. The molecule has 1 aliphatic heterocycles. The minimum absolute atomic E-state index is 0.110. The minimum atomic E-state index is -0.698. The lowest BCUT2D eigenvalue weighted by molar-refractivity contribution is -0.131. The smallest absolute Gasteiger partial charge is 0.261 e. The Morgan fingerprint density at radius 2 is 2.14 bits per heavy atom. The first kappa shape index (κ1) is 16.1. The van der Waals surface area contributed by atoms with Crippen LogP contribution in [0.2, 0.25) is 5.02 Å². The van der Waals surface area contributed by atoms with Crippen molar-refractivity contribution in [2.24, 2.45) is 0 Å². The minimum Gasteiger partial charge on any atom is -0.479 e. The van der Waals surface area contributed by atoms with Gasteiger partial charge in [-0.25, -0.2) is 0 Å². The molecule has 1 unspecified atom stereocenters. The third-order valence-electron chi connectivity index (χ3n) is 3.65. The molecule has 6 heteroatoms. The van der Waals surface area contributed by atoms with Crippen LogP contribution in [-0.2, 0) is 9.53 Å². The largest absolute Gasteiger partial charge is 0.479 e. The molecule has 2 N–H and O–H groups in total. The van der Waals surface area contributed by atoms with Gasteiger partial charge in [-0.2, -0.15) is 0 Å². The summed E-state index contributed by atoms with van der Waals surface area (Å²) in [4.78, 5) is 12.3. The molecule has 1 fully saturated rings. The van der Waals surface area contributed by atoms with Crippen molar-refractivity contribution in [3.63, 3.8) is 0 Å². The summed E-state index contributed by atoms with van der Waals surface area (Å²) in [6, 6.07) is 7.00. The van der Waals surface area contributed by atoms with Crippen LogP contribution in [0.5, 0.6) is 5.75 Å². The summed E-state index contributed by atoms with van der Waals surface area (Å²) in [6.45, 7) is 2.60. The summed E-state index contributed by atoms with van der Waals surface area (Å²) in [5.41, 5.74) is -0.618. The topological polar surface area (TPSA) is 67.8 Å².